The SMILES string of the molecule is CC(C)(C)P(C[c-]1cccc1C(P)(c1ccccn1)c1ccccn1)C(C)(C)C.CC(C)(C)[c-]1[cH-][cH-][cH-][cH-]1.[Fe]. The molecule has 4 aromatic rings. The van der Waals surface area contributed by atoms with Crippen LogP contribution in [0, 0.1) is 0 Å². The van der Waals surface area contributed by atoms with Gasteiger partial charge >= 0.3 is 0 Å². The molecular formula is C34H46FeN2P2-6. The van der Waals surface area contributed by atoms with Crippen LogP contribution in [-0.2, 0) is 33.8 Å². The van der Waals surface area contributed by atoms with Gasteiger partial charge in [0.2, 0.25) is 0 Å². The summed E-state index contributed by atoms with van der Waals surface area (Å²) in [5, 5.41) is 0.0987. The summed E-state index contributed by atoms with van der Waals surface area (Å²) in [6.07, 6.45) is 4.84. The van der Waals surface area contributed by atoms with Gasteiger partial charge in [-0.05, 0) is 34.6 Å². The number of hydrogen-bond donors (Lipinski definition) is 0. The maximum absolute atomic E-state index is 4.75. The summed E-state index contributed by atoms with van der Waals surface area (Å²) < 4.78 is 0. The van der Waals surface area contributed by atoms with Crippen LogP contribution in [0.25, 0.3) is 0 Å². The predicted octanol–water partition coefficient (Wildman–Crippen LogP) is 9.64. The Morgan fingerprint density at radius 3 is 1.59 bits per heavy atom. The smallest absolute Gasteiger partial charge is 0.0709 e. The van der Waals surface area contributed by atoms with Crippen LogP contribution in [0.5, 0.6) is 0 Å². The molecule has 39 heavy (non-hydrogen) atoms. The molecule has 216 valence electrons. The Morgan fingerprint density at radius 2 is 1.23 bits per heavy atom. The van der Waals surface area contributed by atoms with E-state index in [0.29, 0.717) is 5.41 Å². The molecule has 0 saturated heterocycles. The van der Waals surface area contributed by atoms with E-state index in [-0.39, 0.29) is 35.3 Å². The second kappa shape index (κ2) is 13.4. The standard InChI is InChI=1S/C25H33N2P2.C9H13.Fe/c1-23(2,3)29(24(4,5)6)18-19-12-11-13-20(19)25(28,21-14-7-9-16-26-21)22-15-8-10-17-27-22;1-9(2,3)8-6-4-5-7-8;/h7-17H,18,28H2,1-6H3;4-7H,1-3H3;/q-1;-5;. The molecule has 4 rings (SSSR count). The minimum atomic E-state index is -0.460. The van der Waals surface area contributed by atoms with Gasteiger partial charge in [-0.15, -0.1) is 28.3 Å². The fraction of sp³-hybridized carbons (Fsp3) is 0.412. The Bertz CT molecular complexity index is 1190. The van der Waals surface area contributed by atoms with E-state index >= 15 is 0 Å². The summed E-state index contributed by atoms with van der Waals surface area (Å²) in [6, 6.07) is 27.5. The van der Waals surface area contributed by atoms with E-state index in [0.717, 1.165) is 17.5 Å². The van der Waals surface area contributed by atoms with Gasteiger partial charge in [0.15, 0.2) is 0 Å². The largest absolute Gasteiger partial charge is 0.748 e. The van der Waals surface area contributed by atoms with E-state index in [1.165, 1.54) is 16.7 Å². The molecule has 0 bridgehead atoms. The van der Waals surface area contributed by atoms with E-state index in [1.54, 1.807) is 0 Å². The van der Waals surface area contributed by atoms with Gasteiger partial charge in [0.05, 0.1) is 16.5 Å². The molecule has 2 aromatic heterocycles. The van der Waals surface area contributed by atoms with Crippen molar-refractivity contribution in [3.63, 3.8) is 0 Å². The van der Waals surface area contributed by atoms with Gasteiger partial charge in [-0.3, -0.25) is 9.97 Å². The van der Waals surface area contributed by atoms with Crippen LogP contribution in [0.4, 0.5) is 0 Å². The van der Waals surface area contributed by atoms with Crippen LogP contribution < -0.4 is 0 Å². The molecule has 0 fully saturated rings. The number of pyridine rings is 2. The predicted molar refractivity (Wildman–Crippen MR) is 171 cm³/mol. The Morgan fingerprint density at radius 1 is 0.744 bits per heavy atom. The van der Waals surface area contributed by atoms with Gasteiger partial charge in [-0.25, -0.2) is 17.5 Å². The zero-order chi connectivity index (χ0) is 28.2. The van der Waals surface area contributed by atoms with Gasteiger partial charge in [0.1, 0.15) is 0 Å². The topological polar surface area (TPSA) is 25.8 Å². The maximum Gasteiger partial charge on any atom is 0.0709 e. The van der Waals surface area contributed by atoms with Crippen molar-refractivity contribution in [2.24, 2.45) is 0 Å². The normalized spacial score (nSPS) is 12.5. The molecule has 0 spiro atoms. The van der Waals surface area contributed by atoms with E-state index in [9.17, 15) is 0 Å². The van der Waals surface area contributed by atoms with Gasteiger partial charge < -0.3 is 29.8 Å². The fourth-order valence-corrected chi connectivity index (χ4v) is 9.30. The number of nitrogens with zero attached hydrogens (tertiary/aromatic N) is 2. The first-order valence-corrected chi connectivity index (χ1v) is 15.6. The van der Waals surface area contributed by atoms with E-state index in [1.807, 2.05) is 24.5 Å². The van der Waals surface area contributed by atoms with Crippen molar-refractivity contribution in [1.29, 1.82) is 0 Å². The Kier molecular flexibility index (Phi) is 11.5. The number of hydrogen-bond acceptors (Lipinski definition) is 2. The molecular weight excluding hydrogens is 554 g/mol. The molecule has 0 N–H and O–H groups in total. The first kappa shape index (κ1) is 33.6. The molecule has 5 heteroatoms. The van der Waals surface area contributed by atoms with Gasteiger partial charge in [0.25, 0.3) is 0 Å². The summed E-state index contributed by atoms with van der Waals surface area (Å²) in [4.78, 5) is 9.49. The quantitative estimate of drug-likeness (QED) is 0.130. The van der Waals surface area contributed by atoms with Crippen molar-refractivity contribution >= 4 is 17.2 Å². The molecule has 0 aliphatic rings. The molecule has 1 unspecified atom stereocenters. The summed E-state index contributed by atoms with van der Waals surface area (Å²) in [6.45, 7) is 21.0. The molecule has 2 heterocycles. The molecule has 1 atom stereocenters. The third kappa shape index (κ3) is 8.44. The van der Waals surface area contributed by atoms with Crippen LogP contribution in [0.3, 0.4) is 0 Å². The van der Waals surface area contributed by atoms with Gasteiger partial charge in [0, 0.05) is 29.5 Å². The van der Waals surface area contributed by atoms with Crippen molar-refractivity contribution in [2.45, 2.75) is 89.4 Å². The molecule has 2 nitrogen and oxygen atoms in total. The summed E-state index contributed by atoms with van der Waals surface area (Å²) in [5.41, 5.74) is 6.46. The zero-order valence-corrected chi connectivity index (χ0v) is 28.3. The van der Waals surface area contributed by atoms with Crippen LogP contribution in [0.2, 0.25) is 0 Å². The van der Waals surface area contributed by atoms with E-state index in [4.69, 9.17) is 9.97 Å². The minimum Gasteiger partial charge on any atom is -0.748 e. The number of aromatic nitrogens is 2. The Hall–Kier alpha value is -1.62. The third-order valence-electron chi connectivity index (χ3n) is 6.95. The Labute approximate surface area is 252 Å². The average molecular weight is 601 g/mol. The first-order chi connectivity index (χ1) is 17.6. The van der Waals surface area contributed by atoms with Crippen LogP contribution in [0.15, 0.2) is 91.3 Å². The van der Waals surface area contributed by atoms with Crippen molar-refractivity contribution in [1.82, 2.24) is 9.97 Å². The fourth-order valence-electron chi connectivity index (χ4n) is 5.10. The molecule has 0 aliphatic carbocycles. The minimum absolute atomic E-state index is 0. The van der Waals surface area contributed by atoms with Crippen LogP contribution in [-0.4, -0.2) is 20.3 Å². The summed E-state index contributed by atoms with van der Waals surface area (Å²) in [7, 11) is 2.84. The molecule has 0 aliphatic heterocycles. The van der Waals surface area contributed by atoms with Crippen molar-refractivity contribution < 1.29 is 17.1 Å². The average Bonchev–Trinajstić information content (AvgIpc) is 3.55. The second-order valence-electron chi connectivity index (χ2n) is 13.1. The zero-order valence-electron chi connectivity index (χ0n) is 25.1. The van der Waals surface area contributed by atoms with Crippen molar-refractivity contribution in [2.75, 3.05) is 0 Å². The van der Waals surface area contributed by atoms with Crippen molar-refractivity contribution in [3.05, 3.63) is 119 Å². The Balaban J connectivity index is 0.000000453. The van der Waals surface area contributed by atoms with E-state index in [2.05, 4.69) is 138 Å². The number of rotatable bonds is 5. The molecule has 2 aromatic carbocycles. The molecule has 0 amide bonds. The van der Waals surface area contributed by atoms with E-state index < -0.39 is 5.16 Å². The van der Waals surface area contributed by atoms with Crippen LogP contribution in [0.1, 0.15) is 90.4 Å². The summed E-state index contributed by atoms with van der Waals surface area (Å²) >= 11 is 0. The maximum atomic E-state index is 4.75. The second-order valence-corrected chi connectivity index (χ2v) is 17.8. The molecule has 0 radical (unpaired) electrons. The first-order valence-electron chi connectivity index (χ1n) is 13.5. The monoisotopic (exact) mass is 600 g/mol. The van der Waals surface area contributed by atoms with Gasteiger partial charge in [-0.1, -0.05) is 80.6 Å². The molecule has 0 saturated carbocycles. The van der Waals surface area contributed by atoms with Crippen molar-refractivity contribution in [3.8, 4) is 0 Å². The van der Waals surface area contributed by atoms with Crippen LogP contribution >= 0.6 is 17.2 Å². The summed E-state index contributed by atoms with van der Waals surface area (Å²) in [5.74, 6) is 0. The van der Waals surface area contributed by atoms with Gasteiger partial charge in [-0.2, -0.15) is 6.07 Å². The third-order valence-corrected chi connectivity index (χ3v) is 11.7.